The van der Waals surface area contributed by atoms with Crippen molar-refractivity contribution in [2.24, 2.45) is 0 Å². The van der Waals surface area contributed by atoms with E-state index in [4.69, 9.17) is 33.4 Å². The van der Waals surface area contributed by atoms with Gasteiger partial charge in [0, 0.05) is 16.5 Å². The molecular formula is C9H10Cl2O2. The average Bonchev–Trinajstić information content (AvgIpc) is 2.03. The summed E-state index contributed by atoms with van der Waals surface area (Å²) in [5, 5.41) is 18.5. The van der Waals surface area contributed by atoms with Crippen LogP contribution in [0.25, 0.3) is 0 Å². The lowest BCUT2D eigenvalue weighted by Crippen LogP contribution is -2.05. The Balaban J connectivity index is 2.75. The Morgan fingerprint density at radius 2 is 1.69 bits per heavy atom. The third-order valence-corrected chi connectivity index (χ3v) is 2.42. The minimum Gasteiger partial charge on any atom is -0.368 e. The van der Waals surface area contributed by atoms with E-state index in [-0.39, 0.29) is 6.42 Å². The lowest BCUT2D eigenvalue weighted by molar-refractivity contribution is -0.0446. The summed E-state index contributed by atoms with van der Waals surface area (Å²) in [6, 6.07) is 5.21. The second-order valence-corrected chi connectivity index (χ2v) is 3.53. The summed E-state index contributed by atoms with van der Waals surface area (Å²) >= 11 is 11.7. The molecule has 1 rings (SSSR count). The first-order valence-electron chi connectivity index (χ1n) is 3.90. The molecule has 0 spiro atoms. The third kappa shape index (κ3) is 3.16. The van der Waals surface area contributed by atoms with Gasteiger partial charge in [-0.25, -0.2) is 0 Å². The van der Waals surface area contributed by atoms with Gasteiger partial charge in [-0.1, -0.05) is 29.3 Å². The van der Waals surface area contributed by atoms with Crippen molar-refractivity contribution in [3.8, 4) is 0 Å². The molecule has 4 heteroatoms. The zero-order valence-corrected chi connectivity index (χ0v) is 8.39. The molecule has 0 aliphatic carbocycles. The predicted octanol–water partition coefficient (Wildman–Crippen LogP) is 2.24. The Hall–Kier alpha value is -0.280. The topological polar surface area (TPSA) is 40.5 Å². The van der Waals surface area contributed by atoms with Gasteiger partial charge < -0.3 is 10.2 Å². The minimum absolute atomic E-state index is 0.240. The summed E-state index contributed by atoms with van der Waals surface area (Å²) in [4.78, 5) is 0. The van der Waals surface area contributed by atoms with E-state index in [1.807, 2.05) is 0 Å². The van der Waals surface area contributed by atoms with Crippen LogP contribution in [0.5, 0.6) is 0 Å². The SMILES string of the molecule is OC(O)CCc1c(Cl)cccc1Cl. The van der Waals surface area contributed by atoms with Gasteiger partial charge in [-0.2, -0.15) is 0 Å². The largest absolute Gasteiger partial charge is 0.368 e. The lowest BCUT2D eigenvalue weighted by Gasteiger charge is -2.07. The molecule has 0 aliphatic rings. The molecule has 2 N–H and O–H groups in total. The van der Waals surface area contributed by atoms with Gasteiger partial charge in [0.05, 0.1) is 0 Å². The fourth-order valence-electron chi connectivity index (χ4n) is 1.04. The molecule has 0 heterocycles. The van der Waals surface area contributed by atoms with E-state index in [9.17, 15) is 0 Å². The van der Waals surface area contributed by atoms with Crippen molar-refractivity contribution in [2.45, 2.75) is 19.1 Å². The first kappa shape index (κ1) is 10.8. The van der Waals surface area contributed by atoms with Crippen molar-refractivity contribution >= 4 is 23.2 Å². The smallest absolute Gasteiger partial charge is 0.151 e. The highest BCUT2D eigenvalue weighted by atomic mass is 35.5. The molecule has 1 aromatic carbocycles. The van der Waals surface area contributed by atoms with Crippen molar-refractivity contribution in [3.63, 3.8) is 0 Å². The summed E-state index contributed by atoms with van der Waals surface area (Å²) in [5.74, 6) is 0. The van der Waals surface area contributed by atoms with Crippen LogP contribution in [0.4, 0.5) is 0 Å². The molecule has 0 bridgehead atoms. The van der Waals surface area contributed by atoms with Gasteiger partial charge in [0.15, 0.2) is 6.29 Å². The van der Waals surface area contributed by atoms with Crippen LogP contribution in [-0.2, 0) is 6.42 Å². The fraction of sp³-hybridized carbons (Fsp3) is 0.333. The number of halogens is 2. The van der Waals surface area contributed by atoms with Crippen LogP contribution < -0.4 is 0 Å². The summed E-state index contributed by atoms with van der Waals surface area (Å²) in [7, 11) is 0. The molecule has 0 atom stereocenters. The first-order valence-corrected chi connectivity index (χ1v) is 4.66. The summed E-state index contributed by atoms with van der Waals surface area (Å²) in [5.41, 5.74) is 0.763. The second-order valence-electron chi connectivity index (χ2n) is 2.72. The molecule has 72 valence electrons. The van der Waals surface area contributed by atoms with E-state index in [0.717, 1.165) is 5.56 Å². The molecule has 1 aromatic rings. The van der Waals surface area contributed by atoms with Crippen LogP contribution in [0.1, 0.15) is 12.0 Å². The molecule has 0 amide bonds. The van der Waals surface area contributed by atoms with E-state index >= 15 is 0 Å². The summed E-state index contributed by atoms with van der Waals surface area (Å²) in [6.07, 6.45) is -0.605. The molecule has 0 saturated heterocycles. The molecule has 0 radical (unpaired) electrons. The maximum absolute atomic E-state index is 8.66. The number of hydrogen-bond acceptors (Lipinski definition) is 2. The first-order chi connectivity index (χ1) is 6.11. The Bertz CT molecular complexity index is 267. The van der Waals surface area contributed by atoms with Crippen LogP contribution in [0, 0.1) is 0 Å². The molecule has 0 fully saturated rings. The van der Waals surface area contributed by atoms with Crippen LogP contribution in [0.15, 0.2) is 18.2 Å². The highest BCUT2D eigenvalue weighted by Gasteiger charge is 2.06. The standard InChI is InChI=1S/C9H10Cl2O2/c10-7-2-1-3-8(11)6(7)4-5-9(12)13/h1-3,9,12-13H,4-5H2. The molecule has 0 aliphatic heterocycles. The highest BCUT2D eigenvalue weighted by molar-refractivity contribution is 6.35. The Kier molecular flexibility index (Phi) is 4.00. The monoisotopic (exact) mass is 220 g/mol. The molecule has 13 heavy (non-hydrogen) atoms. The number of aliphatic hydroxyl groups is 2. The van der Waals surface area contributed by atoms with E-state index in [1.54, 1.807) is 18.2 Å². The van der Waals surface area contributed by atoms with E-state index in [1.165, 1.54) is 0 Å². The van der Waals surface area contributed by atoms with Crippen LogP contribution >= 0.6 is 23.2 Å². The number of hydrogen-bond donors (Lipinski definition) is 2. The van der Waals surface area contributed by atoms with E-state index in [0.29, 0.717) is 16.5 Å². The van der Waals surface area contributed by atoms with Crippen LogP contribution in [0.2, 0.25) is 10.0 Å². The van der Waals surface area contributed by atoms with Crippen molar-refractivity contribution in [3.05, 3.63) is 33.8 Å². The third-order valence-electron chi connectivity index (χ3n) is 1.71. The van der Waals surface area contributed by atoms with Crippen LogP contribution in [-0.4, -0.2) is 16.5 Å². The molecule has 0 aromatic heterocycles. The molecule has 0 unspecified atom stereocenters. The Morgan fingerprint density at radius 1 is 1.15 bits per heavy atom. The van der Waals surface area contributed by atoms with Gasteiger partial charge in [0.2, 0.25) is 0 Å². The van der Waals surface area contributed by atoms with Gasteiger partial charge >= 0.3 is 0 Å². The maximum atomic E-state index is 8.66. The quantitative estimate of drug-likeness (QED) is 0.768. The number of benzene rings is 1. The highest BCUT2D eigenvalue weighted by Crippen LogP contribution is 2.25. The van der Waals surface area contributed by atoms with Gasteiger partial charge in [-0.05, 0) is 24.1 Å². The normalized spacial score (nSPS) is 10.8. The molecule has 0 saturated carbocycles. The zero-order valence-electron chi connectivity index (χ0n) is 6.87. The van der Waals surface area contributed by atoms with E-state index < -0.39 is 6.29 Å². The minimum atomic E-state index is -1.31. The predicted molar refractivity (Wildman–Crippen MR) is 53.0 cm³/mol. The van der Waals surface area contributed by atoms with Crippen molar-refractivity contribution in [2.75, 3.05) is 0 Å². The number of aliphatic hydroxyl groups excluding tert-OH is 1. The van der Waals surface area contributed by atoms with Crippen LogP contribution in [0.3, 0.4) is 0 Å². The van der Waals surface area contributed by atoms with Gasteiger partial charge in [-0.15, -0.1) is 0 Å². The second kappa shape index (κ2) is 4.82. The molecular weight excluding hydrogens is 211 g/mol. The zero-order chi connectivity index (χ0) is 9.84. The summed E-state index contributed by atoms with van der Waals surface area (Å²) in [6.45, 7) is 0. The fourth-order valence-corrected chi connectivity index (χ4v) is 1.63. The van der Waals surface area contributed by atoms with Crippen molar-refractivity contribution < 1.29 is 10.2 Å². The Labute approximate surface area is 86.7 Å². The van der Waals surface area contributed by atoms with Gasteiger partial charge in [-0.3, -0.25) is 0 Å². The van der Waals surface area contributed by atoms with Gasteiger partial charge in [0.25, 0.3) is 0 Å². The lowest BCUT2D eigenvalue weighted by atomic mass is 10.1. The summed E-state index contributed by atoms with van der Waals surface area (Å²) < 4.78 is 0. The van der Waals surface area contributed by atoms with E-state index in [2.05, 4.69) is 0 Å². The number of rotatable bonds is 3. The van der Waals surface area contributed by atoms with Crippen molar-refractivity contribution in [1.82, 2.24) is 0 Å². The van der Waals surface area contributed by atoms with Crippen molar-refractivity contribution in [1.29, 1.82) is 0 Å². The maximum Gasteiger partial charge on any atom is 0.151 e. The Morgan fingerprint density at radius 3 is 2.15 bits per heavy atom. The van der Waals surface area contributed by atoms with Gasteiger partial charge in [0.1, 0.15) is 0 Å². The average molecular weight is 221 g/mol. The molecule has 2 nitrogen and oxygen atoms in total.